The Morgan fingerprint density at radius 1 is 1.23 bits per heavy atom. The lowest BCUT2D eigenvalue weighted by Crippen LogP contribution is -2.42. The number of carboxylic acids is 1. The molecule has 2 bridgehead atoms. The molecule has 146 valence electrons. The summed E-state index contributed by atoms with van der Waals surface area (Å²) in [5.74, 6) is 0.281. The van der Waals surface area contributed by atoms with E-state index in [1.54, 1.807) is 0 Å². The first-order valence-corrected chi connectivity index (χ1v) is 9.98. The molecule has 0 aromatic carbocycles. The van der Waals surface area contributed by atoms with Crippen LogP contribution in [0.25, 0.3) is 0 Å². The van der Waals surface area contributed by atoms with Gasteiger partial charge in [-0.05, 0) is 23.7 Å². The quantitative estimate of drug-likeness (QED) is 0.751. The van der Waals surface area contributed by atoms with Gasteiger partial charge >= 0.3 is 5.97 Å². The van der Waals surface area contributed by atoms with Crippen molar-refractivity contribution in [2.75, 3.05) is 26.2 Å². The SMILES string of the molecule is CC1(C)C(C(=O)NC[C@H]2[C@H]3CN(CCC(=O)O)C[C@]34CC[C@H]2O4)C1(C)C. The number of hydrogen-bond acceptors (Lipinski definition) is 4. The van der Waals surface area contributed by atoms with Crippen molar-refractivity contribution in [1.82, 2.24) is 10.2 Å². The molecule has 6 heteroatoms. The Balaban J connectivity index is 1.36. The summed E-state index contributed by atoms with van der Waals surface area (Å²) in [5.41, 5.74) is 0.0195. The first kappa shape index (κ1) is 18.2. The molecule has 4 atom stereocenters. The fourth-order valence-corrected chi connectivity index (χ4v) is 6.16. The number of nitrogens with one attached hydrogen (secondary N) is 1. The van der Waals surface area contributed by atoms with Crippen molar-refractivity contribution in [2.45, 2.75) is 58.7 Å². The molecule has 0 unspecified atom stereocenters. The number of carbonyl (C=O) groups excluding carboxylic acids is 1. The average Bonchev–Trinajstić information content (AvgIpc) is 2.99. The number of carboxylic acid groups (broad SMARTS) is 1. The van der Waals surface area contributed by atoms with Crippen LogP contribution in [0.15, 0.2) is 0 Å². The van der Waals surface area contributed by atoms with Gasteiger partial charge in [0.2, 0.25) is 5.91 Å². The van der Waals surface area contributed by atoms with E-state index in [9.17, 15) is 9.59 Å². The number of nitrogens with zero attached hydrogens (tertiary/aromatic N) is 1. The molecule has 1 aliphatic carbocycles. The number of ether oxygens (including phenoxy) is 1. The van der Waals surface area contributed by atoms with Gasteiger partial charge < -0.3 is 15.2 Å². The molecule has 0 radical (unpaired) electrons. The second-order valence-electron chi connectivity index (χ2n) is 10.0. The summed E-state index contributed by atoms with van der Waals surface area (Å²) in [6.45, 7) is 11.7. The highest BCUT2D eigenvalue weighted by molar-refractivity contribution is 5.84. The first-order chi connectivity index (χ1) is 12.1. The van der Waals surface area contributed by atoms with E-state index < -0.39 is 5.97 Å². The van der Waals surface area contributed by atoms with E-state index in [0.717, 1.165) is 25.9 Å². The number of rotatable bonds is 6. The lowest BCUT2D eigenvalue weighted by Gasteiger charge is -2.29. The predicted octanol–water partition coefficient (Wildman–Crippen LogP) is 1.74. The van der Waals surface area contributed by atoms with Crippen molar-refractivity contribution < 1.29 is 19.4 Å². The van der Waals surface area contributed by atoms with Crippen LogP contribution in [0.4, 0.5) is 0 Å². The van der Waals surface area contributed by atoms with E-state index in [2.05, 4.69) is 37.9 Å². The zero-order chi connectivity index (χ0) is 18.9. The van der Waals surface area contributed by atoms with Crippen LogP contribution in [-0.4, -0.2) is 59.8 Å². The Kier molecular flexibility index (Phi) is 3.98. The van der Waals surface area contributed by atoms with Crippen LogP contribution in [-0.2, 0) is 14.3 Å². The zero-order valence-electron chi connectivity index (χ0n) is 16.4. The zero-order valence-corrected chi connectivity index (χ0v) is 16.4. The van der Waals surface area contributed by atoms with E-state index in [4.69, 9.17) is 9.84 Å². The normalized spacial score (nSPS) is 39.8. The third kappa shape index (κ3) is 2.52. The minimum Gasteiger partial charge on any atom is -0.481 e. The summed E-state index contributed by atoms with van der Waals surface area (Å²) in [5, 5.41) is 12.2. The molecule has 1 amide bonds. The van der Waals surface area contributed by atoms with Gasteiger partial charge in [0.15, 0.2) is 0 Å². The van der Waals surface area contributed by atoms with Crippen LogP contribution >= 0.6 is 0 Å². The highest BCUT2D eigenvalue weighted by Gasteiger charge is 2.68. The van der Waals surface area contributed by atoms with Crippen LogP contribution in [0.3, 0.4) is 0 Å². The highest BCUT2D eigenvalue weighted by Crippen LogP contribution is 2.68. The molecule has 3 aliphatic heterocycles. The monoisotopic (exact) mass is 364 g/mol. The summed E-state index contributed by atoms with van der Waals surface area (Å²) in [4.78, 5) is 25.8. The molecule has 0 aromatic rings. The van der Waals surface area contributed by atoms with Crippen molar-refractivity contribution in [1.29, 1.82) is 0 Å². The fraction of sp³-hybridized carbons (Fsp3) is 0.900. The first-order valence-electron chi connectivity index (χ1n) is 9.98. The number of aliphatic carboxylic acids is 1. The van der Waals surface area contributed by atoms with Gasteiger partial charge in [0.25, 0.3) is 0 Å². The predicted molar refractivity (Wildman–Crippen MR) is 96.6 cm³/mol. The van der Waals surface area contributed by atoms with Gasteiger partial charge in [-0.2, -0.15) is 0 Å². The van der Waals surface area contributed by atoms with Gasteiger partial charge in [0.1, 0.15) is 0 Å². The molecule has 1 spiro atoms. The molecule has 2 N–H and O–H groups in total. The Morgan fingerprint density at radius 2 is 1.92 bits per heavy atom. The summed E-state index contributed by atoms with van der Waals surface area (Å²) in [7, 11) is 0. The fourth-order valence-electron chi connectivity index (χ4n) is 6.16. The van der Waals surface area contributed by atoms with Crippen molar-refractivity contribution in [3.05, 3.63) is 0 Å². The van der Waals surface area contributed by atoms with Crippen LogP contribution in [0.5, 0.6) is 0 Å². The van der Waals surface area contributed by atoms with Gasteiger partial charge in [0, 0.05) is 43.9 Å². The lowest BCUT2D eigenvalue weighted by atomic mass is 9.73. The van der Waals surface area contributed by atoms with E-state index in [1.807, 2.05) is 0 Å². The van der Waals surface area contributed by atoms with Crippen molar-refractivity contribution in [3.63, 3.8) is 0 Å². The van der Waals surface area contributed by atoms with E-state index in [1.165, 1.54) is 0 Å². The highest BCUT2D eigenvalue weighted by atomic mass is 16.5. The van der Waals surface area contributed by atoms with Gasteiger partial charge in [-0.1, -0.05) is 27.7 Å². The molecule has 1 saturated carbocycles. The largest absolute Gasteiger partial charge is 0.481 e. The Morgan fingerprint density at radius 3 is 2.54 bits per heavy atom. The van der Waals surface area contributed by atoms with Crippen molar-refractivity contribution in [3.8, 4) is 0 Å². The molecule has 6 nitrogen and oxygen atoms in total. The van der Waals surface area contributed by atoms with Gasteiger partial charge in [-0.3, -0.25) is 14.5 Å². The number of carbonyl (C=O) groups is 2. The minimum absolute atomic E-state index is 0.0600. The Bertz CT molecular complexity index is 617. The smallest absolute Gasteiger partial charge is 0.304 e. The minimum atomic E-state index is -0.747. The van der Waals surface area contributed by atoms with Crippen molar-refractivity contribution in [2.24, 2.45) is 28.6 Å². The van der Waals surface area contributed by atoms with Crippen molar-refractivity contribution >= 4 is 11.9 Å². The third-order valence-corrected chi connectivity index (χ3v) is 8.29. The second kappa shape index (κ2) is 5.68. The van der Waals surface area contributed by atoms with E-state index in [0.29, 0.717) is 24.9 Å². The average molecular weight is 364 g/mol. The van der Waals surface area contributed by atoms with Crippen LogP contribution in [0.1, 0.15) is 47.0 Å². The Hall–Kier alpha value is -1.14. The molecule has 3 heterocycles. The maximum absolute atomic E-state index is 12.7. The molecular weight excluding hydrogens is 332 g/mol. The molecule has 4 rings (SSSR count). The number of hydrogen-bond donors (Lipinski definition) is 2. The van der Waals surface area contributed by atoms with Crippen LogP contribution < -0.4 is 5.32 Å². The topological polar surface area (TPSA) is 78.9 Å². The number of amides is 1. The Labute approximate surface area is 155 Å². The third-order valence-electron chi connectivity index (χ3n) is 8.29. The van der Waals surface area contributed by atoms with Crippen LogP contribution in [0, 0.1) is 28.6 Å². The van der Waals surface area contributed by atoms with E-state index >= 15 is 0 Å². The molecule has 0 aromatic heterocycles. The summed E-state index contributed by atoms with van der Waals surface area (Å²) >= 11 is 0. The van der Waals surface area contributed by atoms with Gasteiger partial charge in [-0.15, -0.1) is 0 Å². The van der Waals surface area contributed by atoms with E-state index in [-0.39, 0.29) is 40.8 Å². The maximum atomic E-state index is 12.7. The lowest BCUT2D eigenvalue weighted by molar-refractivity contribution is -0.137. The van der Waals surface area contributed by atoms with Crippen LogP contribution in [0.2, 0.25) is 0 Å². The second-order valence-corrected chi connectivity index (χ2v) is 10.0. The van der Waals surface area contributed by atoms with Gasteiger partial charge in [0.05, 0.1) is 18.1 Å². The number of likely N-dealkylation sites (tertiary alicyclic amines) is 1. The number of fused-ring (bicyclic) bond motifs is 1. The molecule has 4 aliphatic rings. The molecular formula is C20H32N2O4. The molecule has 3 saturated heterocycles. The molecule has 26 heavy (non-hydrogen) atoms. The van der Waals surface area contributed by atoms with Gasteiger partial charge in [-0.25, -0.2) is 0 Å². The molecule has 4 fully saturated rings. The summed E-state index contributed by atoms with van der Waals surface area (Å²) < 4.78 is 6.38. The summed E-state index contributed by atoms with van der Waals surface area (Å²) in [6, 6.07) is 0. The standard InChI is InChI=1S/C20H32N2O4/c1-18(2)16(19(18,3)4)17(25)21-9-12-13-10-22(8-6-15(23)24)11-20(13)7-5-14(12)26-20/h12-14,16H,5-11H2,1-4H3,(H,21,25)(H,23,24)/t12-,13+,14+,20+/m0/s1. The summed E-state index contributed by atoms with van der Waals surface area (Å²) in [6.07, 6.45) is 2.56. The maximum Gasteiger partial charge on any atom is 0.304 e.